The number of aromatic nitrogens is 2. The highest BCUT2D eigenvalue weighted by atomic mass is 16.7. The molecule has 0 saturated carbocycles. The predicted octanol–water partition coefficient (Wildman–Crippen LogP) is 0.591. The molecule has 0 unspecified atom stereocenters. The van der Waals surface area contributed by atoms with Gasteiger partial charge in [-0.15, -0.1) is 0 Å². The summed E-state index contributed by atoms with van der Waals surface area (Å²) < 4.78 is 13.4. The van der Waals surface area contributed by atoms with E-state index in [1.165, 1.54) is 0 Å². The van der Waals surface area contributed by atoms with Crippen molar-refractivity contribution in [3.05, 3.63) is 11.9 Å². The second-order valence-corrected chi connectivity index (χ2v) is 5.31. The zero-order chi connectivity index (χ0) is 12.8. The molecule has 0 aliphatic carbocycles. The first-order valence-corrected chi connectivity index (χ1v) is 5.56. The Morgan fingerprint density at radius 1 is 1.29 bits per heavy atom. The number of nitriles is 1. The van der Waals surface area contributed by atoms with E-state index in [0.717, 1.165) is 0 Å². The third-order valence-corrected chi connectivity index (χ3v) is 3.47. The number of hydrogen-bond acceptors (Lipinski definition) is 4. The maximum atomic E-state index is 9.02. The van der Waals surface area contributed by atoms with E-state index in [-0.39, 0.29) is 0 Å². The summed E-state index contributed by atoms with van der Waals surface area (Å²) in [7, 11) is 1.25. The number of aryl methyl sites for hydroxylation is 1. The minimum absolute atomic E-state index is 0.353. The summed E-state index contributed by atoms with van der Waals surface area (Å²) in [6.07, 6.45) is 1.76. The maximum Gasteiger partial charge on any atom is 0.499 e. The van der Waals surface area contributed by atoms with E-state index in [4.69, 9.17) is 14.6 Å². The van der Waals surface area contributed by atoms with Gasteiger partial charge in [-0.25, -0.2) is 0 Å². The molecule has 0 spiro atoms. The molecule has 1 aromatic heterocycles. The molecule has 90 valence electrons. The van der Waals surface area contributed by atoms with Crippen LogP contribution in [-0.2, 0) is 16.4 Å². The van der Waals surface area contributed by atoms with Crippen LogP contribution in [0.5, 0.6) is 0 Å². The fourth-order valence-electron chi connectivity index (χ4n) is 1.74. The lowest BCUT2D eigenvalue weighted by molar-refractivity contribution is 0.00578. The Hall–Kier alpha value is -1.32. The molecule has 0 amide bonds. The van der Waals surface area contributed by atoms with Crippen molar-refractivity contribution in [3.63, 3.8) is 0 Å². The van der Waals surface area contributed by atoms with Crippen molar-refractivity contribution in [2.45, 2.75) is 38.9 Å². The maximum absolute atomic E-state index is 9.02. The van der Waals surface area contributed by atoms with Gasteiger partial charge in [0.25, 0.3) is 0 Å². The van der Waals surface area contributed by atoms with Gasteiger partial charge in [0.15, 0.2) is 5.69 Å². The molecule has 1 aliphatic rings. The predicted molar refractivity (Wildman–Crippen MR) is 63.6 cm³/mol. The number of nitrogens with zero attached hydrogens (tertiary/aromatic N) is 3. The second-order valence-electron chi connectivity index (χ2n) is 5.31. The fourth-order valence-corrected chi connectivity index (χ4v) is 1.74. The Labute approximate surface area is 101 Å². The summed E-state index contributed by atoms with van der Waals surface area (Å²) in [4.78, 5) is 0. The molecule has 0 radical (unpaired) electrons. The SMILES string of the molecule is Cn1cc(B2OC(C)(C)C(C)(C)O2)c(C#N)n1. The van der Waals surface area contributed by atoms with Crippen molar-refractivity contribution in [1.82, 2.24) is 9.78 Å². The molecular formula is C11H16BN3O2. The van der Waals surface area contributed by atoms with Gasteiger partial charge in [-0.3, -0.25) is 4.68 Å². The Morgan fingerprint density at radius 2 is 1.82 bits per heavy atom. The Kier molecular flexibility index (Phi) is 2.56. The summed E-state index contributed by atoms with van der Waals surface area (Å²) in [6.45, 7) is 7.93. The van der Waals surface area contributed by atoms with E-state index >= 15 is 0 Å². The molecule has 0 atom stereocenters. The summed E-state index contributed by atoms with van der Waals surface area (Å²) in [5, 5.41) is 13.1. The number of rotatable bonds is 1. The van der Waals surface area contributed by atoms with E-state index in [0.29, 0.717) is 11.2 Å². The van der Waals surface area contributed by atoms with Crippen LogP contribution in [0.15, 0.2) is 6.20 Å². The molecule has 0 aromatic carbocycles. The molecule has 1 saturated heterocycles. The highest BCUT2D eigenvalue weighted by Gasteiger charge is 2.52. The van der Waals surface area contributed by atoms with Gasteiger partial charge in [0.1, 0.15) is 6.07 Å². The monoisotopic (exact) mass is 233 g/mol. The summed E-state index contributed by atoms with van der Waals surface area (Å²) in [5.74, 6) is 0. The first-order valence-electron chi connectivity index (χ1n) is 5.56. The Balaban J connectivity index is 2.36. The normalized spacial score (nSPS) is 21.5. The fraction of sp³-hybridized carbons (Fsp3) is 0.636. The van der Waals surface area contributed by atoms with Crippen LogP contribution < -0.4 is 5.46 Å². The van der Waals surface area contributed by atoms with Crippen LogP contribution >= 0.6 is 0 Å². The van der Waals surface area contributed by atoms with Crippen molar-refractivity contribution in [2.75, 3.05) is 0 Å². The number of hydrogen-bond donors (Lipinski definition) is 0. The van der Waals surface area contributed by atoms with Crippen LogP contribution in [0, 0.1) is 11.3 Å². The smallest absolute Gasteiger partial charge is 0.399 e. The lowest BCUT2D eigenvalue weighted by atomic mass is 9.79. The molecule has 0 bridgehead atoms. The first-order chi connectivity index (χ1) is 7.77. The highest BCUT2D eigenvalue weighted by molar-refractivity contribution is 6.62. The topological polar surface area (TPSA) is 60.1 Å². The minimum atomic E-state index is -0.525. The van der Waals surface area contributed by atoms with Crippen LogP contribution in [0.3, 0.4) is 0 Å². The Morgan fingerprint density at radius 3 is 2.29 bits per heavy atom. The standard InChI is InChI=1S/C11H16BN3O2/c1-10(2)11(3,4)17-12(16-10)8-7-15(5)14-9(8)6-13/h7H,1-5H3. The molecule has 2 heterocycles. The molecule has 1 aliphatic heterocycles. The van der Waals surface area contributed by atoms with Crippen LogP contribution in [0.2, 0.25) is 0 Å². The van der Waals surface area contributed by atoms with Gasteiger partial charge in [-0.2, -0.15) is 10.4 Å². The largest absolute Gasteiger partial charge is 0.499 e. The van der Waals surface area contributed by atoms with Gasteiger partial charge in [0.05, 0.1) is 11.2 Å². The van der Waals surface area contributed by atoms with E-state index in [1.54, 1.807) is 17.9 Å². The molecular weight excluding hydrogens is 217 g/mol. The lowest BCUT2D eigenvalue weighted by Gasteiger charge is -2.32. The van der Waals surface area contributed by atoms with Crippen molar-refractivity contribution >= 4 is 12.6 Å². The molecule has 0 N–H and O–H groups in total. The average molecular weight is 233 g/mol. The van der Waals surface area contributed by atoms with Gasteiger partial charge >= 0.3 is 7.12 Å². The molecule has 17 heavy (non-hydrogen) atoms. The van der Waals surface area contributed by atoms with Crippen LogP contribution in [-0.4, -0.2) is 28.1 Å². The van der Waals surface area contributed by atoms with E-state index in [9.17, 15) is 0 Å². The minimum Gasteiger partial charge on any atom is -0.399 e. The van der Waals surface area contributed by atoms with Gasteiger partial charge in [-0.1, -0.05) is 0 Å². The first kappa shape index (κ1) is 12.2. The van der Waals surface area contributed by atoms with Gasteiger partial charge in [-0.05, 0) is 27.7 Å². The quantitative estimate of drug-likeness (QED) is 0.666. The van der Waals surface area contributed by atoms with Gasteiger partial charge in [0.2, 0.25) is 0 Å². The zero-order valence-corrected chi connectivity index (χ0v) is 10.8. The molecule has 6 heteroatoms. The molecule has 1 aromatic rings. The molecule has 2 rings (SSSR count). The Bertz CT molecular complexity index is 471. The third kappa shape index (κ3) is 1.86. The summed E-state index contributed by atoms with van der Waals surface area (Å²) in [6, 6.07) is 2.06. The summed E-state index contributed by atoms with van der Waals surface area (Å²) >= 11 is 0. The second kappa shape index (κ2) is 3.59. The average Bonchev–Trinajstić information content (AvgIpc) is 2.65. The van der Waals surface area contributed by atoms with E-state index in [2.05, 4.69) is 11.2 Å². The van der Waals surface area contributed by atoms with Crippen LogP contribution in [0.1, 0.15) is 33.4 Å². The molecule has 1 fully saturated rings. The van der Waals surface area contributed by atoms with Gasteiger partial charge in [0, 0.05) is 18.7 Å². The molecule has 5 nitrogen and oxygen atoms in total. The van der Waals surface area contributed by atoms with Crippen LogP contribution in [0.25, 0.3) is 0 Å². The lowest BCUT2D eigenvalue weighted by Crippen LogP contribution is -2.41. The van der Waals surface area contributed by atoms with Crippen molar-refractivity contribution < 1.29 is 9.31 Å². The van der Waals surface area contributed by atoms with Crippen molar-refractivity contribution in [2.24, 2.45) is 7.05 Å². The zero-order valence-electron chi connectivity index (χ0n) is 10.8. The van der Waals surface area contributed by atoms with Crippen molar-refractivity contribution in [3.8, 4) is 6.07 Å². The van der Waals surface area contributed by atoms with Crippen molar-refractivity contribution in [1.29, 1.82) is 5.26 Å². The van der Waals surface area contributed by atoms with Gasteiger partial charge < -0.3 is 9.31 Å². The van der Waals surface area contributed by atoms with E-state index < -0.39 is 18.3 Å². The third-order valence-electron chi connectivity index (χ3n) is 3.47. The van der Waals surface area contributed by atoms with Crippen LogP contribution in [0.4, 0.5) is 0 Å². The van der Waals surface area contributed by atoms with E-state index in [1.807, 2.05) is 27.7 Å². The highest BCUT2D eigenvalue weighted by Crippen LogP contribution is 2.36. The summed E-state index contributed by atoms with van der Waals surface area (Å²) in [5.41, 5.74) is 0.236.